The number of Topliss-reactive ketones (excluding diaryl/α,β-unsaturated/α-hetero) is 1. The van der Waals surface area contributed by atoms with Crippen LogP contribution in [-0.4, -0.2) is 233 Å². The van der Waals surface area contributed by atoms with E-state index in [9.17, 15) is 68.1 Å². The molecule has 0 saturated carbocycles. The normalized spacial score (nSPS) is 22.4. The second-order valence-electron chi connectivity index (χ2n) is 21.6. The van der Waals surface area contributed by atoms with Gasteiger partial charge in [0.25, 0.3) is 0 Å². The van der Waals surface area contributed by atoms with E-state index < -0.39 is 102 Å². The van der Waals surface area contributed by atoms with Gasteiger partial charge >= 0.3 is 23.9 Å². The molecule has 6 amide bonds. The Morgan fingerprint density at radius 1 is 0.691 bits per heavy atom. The van der Waals surface area contributed by atoms with Gasteiger partial charge in [-0.1, -0.05) is 26.3 Å². The third-order valence-corrected chi connectivity index (χ3v) is 15.6. The highest BCUT2D eigenvalue weighted by Gasteiger charge is 2.41. The summed E-state index contributed by atoms with van der Waals surface area (Å²) in [6, 6.07) is -2.04. The summed E-state index contributed by atoms with van der Waals surface area (Å²) in [5.74, 6) is -7.95. The van der Waals surface area contributed by atoms with Gasteiger partial charge in [0, 0.05) is 103 Å². The zero-order valence-electron chi connectivity index (χ0n) is 46.6. The summed E-state index contributed by atoms with van der Waals surface area (Å²) in [5.41, 5.74) is 1.75. The fraction of sp³-hybridized carbons (Fsp3) is 0.685. The zero-order chi connectivity index (χ0) is 58.8. The number of nitrogens with one attached hydrogen (secondary N) is 6. The maximum absolute atomic E-state index is 14.2. The van der Waals surface area contributed by atoms with Gasteiger partial charge in [0.1, 0.15) is 18.1 Å². The molecule has 5 heterocycles. The number of nitrogens with zero attached hydrogens (tertiary/aromatic N) is 5. The lowest BCUT2D eigenvalue weighted by atomic mass is 9.85. The van der Waals surface area contributed by atoms with Gasteiger partial charge in [-0.15, -0.1) is 0 Å². The molecule has 5 aliphatic rings. The summed E-state index contributed by atoms with van der Waals surface area (Å²) in [6.45, 7) is 10.6. The minimum Gasteiger partial charge on any atom is -0.481 e. The number of amides is 6. The molecule has 448 valence electrons. The summed E-state index contributed by atoms with van der Waals surface area (Å²) in [5, 5.41) is 44.5. The molecule has 1 aliphatic carbocycles. The standard InChI is InChI=1S/C54H81N11O16/c1-4-33(3)48(53(79)58-38-13-19-65-18-12-35-26-36(27-37(49(35)65)50(38)76)51(77)59-40-28-47(75)81-54(40)80-5-2)60-42(67)9-14-55-41(66)8-15-56-52(78)39(6-7-44(69)70)57-43(68)30-61-16-10-34(11-17-61)29-62-20-22-63(31-45(71)72)24-25-64(23-21-62)32-46(73)74/h12,18,27,33-34,36,38-40,48,54H,4-11,13-17,19-26,28-32H2,1-3H3,(H,55,66)(H,56,78)(H,57,68)(H,58,79)(H,59,77)(H,60,67)(H,69,70)(H,71,72)(H,73,74)/t33?,36-,38-,39?,40-,48?,54+/m0/s1. The first-order valence-electron chi connectivity index (χ1n) is 28.2. The van der Waals surface area contributed by atoms with E-state index in [4.69, 9.17) is 9.47 Å². The van der Waals surface area contributed by atoms with Crippen molar-refractivity contribution in [3.05, 3.63) is 29.6 Å². The molecular weight excluding hydrogens is 1060 g/mol. The van der Waals surface area contributed by atoms with Crippen LogP contribution in [0.15, 0.2) is 18.3 Å². The van der Waals surface area contributed by atoms with Crippen LogP contribution in [0.4, 0.5) is 0 Å². The average molecular weight is 1140 g/mol. The number of ether oxygens (including phenoxy) is 2. The monoisotopic (exact) mass is 1140 g/mol. The third-order valence-electron chi connectivity index (χ3n) is 15.6. The van der Waals surface area contributed by atoms with Crippen molar-refractivity contribution in [1.82, 2.24) is 56.1 Å². The van der Waals surface area contributed by atoms with E-state index in [1.165, 1.54) is 0 Å². The summed E-state index contributed by atoms with van der Waals surface area (Å²) in [4.78, 5) is 149. The molecule has 6 rings (SSSR count). The van der Waals surface area contributed by atoms with Crippen LogP contribution in [0.3, 0.4) is 0 Å². The molecule has 9 N–H and O–H groups in total. The number of aryl methyl sites for hydroxylation is 1. The van der Waals surface area contributed by atoms with E-state index >= 15 is 0 Å². The number of piperidine rings is 1. The van der Waals surface area contributed by atoms with E-state index in [0.717, 1.165) is 24.9 Å². The van der Waals surface area contributed by atoms with E-state index in [2.05, 4.69) is 36.8 Å². The van der Waals surface area contributed by atoms with Crippen LogP contribution in [0.1, 0.15) is 89.8 Å². The summed E-state index contributed by atoms with van der Waals surface area (Å²) < 4.78 is 12.6. The summed E-state index contributed by atoms with van der Waals surface area (Å²) in [6.07, 6.45) is 4.04. The van der Waals surface area contributed by atoms with Crippen molar-refractivity contribution in [2.24, 2.45) is 17.8 Å². The zero-order valence-corrected chi connectivity index (χ0v) is 46.6. The van der Waals surface area contributed by atoms with E-state index in [1.54, 1.807) is 19.9 Å². The van der Waals surface area contributed by atoms with Gasteiger partial charge in [-0.3, -0.25) is 67.4 Å². The number of esters is 1. The number of carboxylic acids is 3. The maximum atomic E-state index is 14.2. The van der Waals surface area contributed by atoms with Gasteiger partial charge in [0.05, 0.1) is 43.7 Å². The van der Waals surface area contributed by atoms with Crippen molar-refractivity contribution < 1.29 is 77.5 Å². The first-order valence-corrected chi connectivity index (χ1v) is 28.2. The van der Waals surface area contributed by atoms with E-state index in [0.29, 0.717) is 77.4 Å². The topological polar surface area (TPSA) is 357 Å². The van der Waals surface area contributed by atoms with Crippen molar-refractivity contribution >= 4 is 70.7 Å². The van der Waals surface area contributed by atoms with Gasteiger partial charge in [-0.05, 0) is 75.6 Å². The molecule has 0 bridgehead atoms. The quantitative estimate of drug-likeness (QED) is 0.0409. The number of aromatic nitrogens is 1. The molecule has 0 spiro atoms. The minimum absolute atomic E-state index is 0.0289. The Balaban J connectivity index is 0.916. The van der Waals surface area contributed by atoms with Crippen LogP contribution >= 0.6 is 0 Å². The molecule has 0 aromatic carbocycles. The Morgan fingerprint density at radius 2 is 1.32 bits per heavy atom. The van der Waals surface area contributed by atoms with Gasteiger partial charge in [-0.2, -0.15) is 0 Å². The van der Waals surface area contributed by atoms with Crippen LogP contribution < -0.4 is 31.9 Å². The smallest absolute Gasteiger partial charge is 0.317 e. The first kappa shape index (κ1) is 63.4. The molecule has 1 aromatic rings. The summed E-state index contributed by atoms with van der Waals surface area (Å²) in [7, 11) is 0. The van der Waals surface area contributed by atoms with E-state index in [1.807, 2.05) is 38.5 Å². The van der Waals surface area contributed by atoms with Crippen molar-refractivity contribution in [2.75, 3.05) is 98.2 Å². The largest absolute Gasteiger partial charge is 0.481 e. The Labute approximate surface area is 470 Å². The van der Waals surface area contributed by atoms with Crippen LogP contribution in [0.25, 0.3) is 5.57 Å². The number of ketones is 1. The number of aliphatic carboxylic acids is 3. The highest BCUT2D eigenvalue weighted by atomic mass is 16.7. The van der Waals surface area contributed by atoms with Crippen LogP contribution in [-0.2, 0) is 75.2 Å². The molecule has 3 unspecified atom stereocenters. The fourth-order valence-corrected chi connectivity index (χ4v) is 10.9. The maximum Gasteiger partial charge on any atom is 0.317 e. The predicted octanol–water partition coefficient (Wildman–Crippen LogP) is -2.01. The Hall–Kier alpha value is -6.81. The molecule has 27 nitrogen and oxygen atoms in total. The summed E-state index contributed by atoms with van der Waals surface area (Å²) >= 11 is 0. The minimum atomic E-state index is -1.19. The van der Waals surface area contributed by atoms with Gasteiger partial charge in [0.2, 0.25) is 41.7 Å². The Bertz CT molecular complexity index is 2450. The molecule has 27 heteroatoms. The van der Waals surface area contributed by atoms with Crippen LogP contribution in [0.2, 0.25) is 0 Å². The Kier molecular flexibility index (Phi) is 24.1. The lowest BCUT2D eigenvalue weighted by molar-refractivity contribution is -0.164. The third kappa shape index (κ3) is 19.4. The number of rotatable bonds is 28. The first-order chi connectivity index (χ1) is 38.7. The molecular formula is C54H81N11O16. The number of cyclic esters (lactones) is 1. The van der Waals surface area contributed by atoms with Gasteiger partial charge in [-0.25, -0.2) is 0 Å². The average Bonchev–Trinajstić information content (AvgIpc) is 3.59. The molecule has 81 heavy (non-hydrogen) atoms. The lowest BCUT2D eigenvalue weighted by Crippen LogP contribution is -2.54. The number of hydrogen-bond donors (Lipinski definition) is 9. The number of carboxylic acid groups (broad SMARTS) is 3. The van der Waals surface area contributed by atoms with Crippen molar-refractivity contribution in [3.8, 4) is 0 Å². The number of likely N-dealkylation sites (tertiary alicyclic amines) is 1. The molecule has 7 atom stereocenters. The van der Waals surface area contributed by atoms with Crippen molar-refractivity contribution in [3.63, 3.8) is 0 Å². The SMILES string of the molecule is CCO[C@@H]1OC(=O)C[C@@H]1NC(=O)[C@@H]1C=C2C(=O)[C@@H](NC(=O)C(NC(=O)CCNC(=O)CCNC(=O)C(CCC(=O)O)NC(=O)CN3CCC(CN4CCN(CC(=O)O)CCN(CC(=O)O)CC4)CC3)C(C)CC)CCn3ccc(c32)C1. The second-order valence-corrected chi connectivity index (χ2v) is 21.6. The van der Waals surface area contributed by atoms with Crippen molar-refractivity contribution in [1.29, 1.82) is 0 Å². The van der Waals surface area contributed by atoms with Crippen LogP contribution in [0.5, 0.6) is 0 Å². The van der Waals surface area contributed by atoms with Gasteiger partial charge in [0.15, 0.2) is 5.78 Å². The number of carbonyl (C=O) groups is 11. The highest BCUT2D eigenvalue weighted by Crippen LogP contribution is 2.35. The number of carbonyl (C=O) groups excluding carboxylic acids is 8. The fourth-order valence-electron chi connectivity index (χ4n) is 10.9. The number of hydrogen-bond acceptors (Lipinski definition) is 17. The second kappa shape index (κ2) is 30.9. The lowest BCUT2D eigenvalue weighted by Gasteiger charge is -2.35. The van der Waals surface area contributed by atoms with E-state index in [-0.39, 0.29) is 94.6 Å². The molecule has 3 saturated heterocycles. The van der Waals surface area contributed by atoms with Gasteiger partial charge < -0.3 is 66.2 Å². The molecule has 0 radical (unpaired) electrons. The predicted molar refractivity (Wildman–Crippen MR) is 288 cm³/mol. The molecule has 4 aliphatic heterocycles. The highest BCUT2D eigenvalue weighted by molar-refractivity contribution is 6.24. The molecule has 3 fully saturated rings. The Morgan fingerprint density at radius 3 is 1.95 bits per heavy atom. The van der Waals surface area contributed by atoms with Crippen LogP contribution in [0, 0.1) is 17.8 Å². The molecule has 1 aromatic heterocycles. The van der Waals surface area contributed by atoms with Crippen molar-refractivity contribution in [2.45, 2.75) is 122 Å².